The summed E-state index contributed by atoms with van der Waals surface area (Å²) in [6.07, 6.45) is 3.56. The normalized spacial score (nSPS) is 14.3. The third-order valence-corrected chi connectivity index (χ3v) is 4.88. The number of fused-ring (bicyclic) bond motifs is 1. The molecule has 0 heterocycles. The van der Waals surface area contributed by atoms with Crippen molar-refractivity contribution in [2.45, 2.75) is 52.6 Å². The Morgan fingerprint density at radius 1 is 1.00 bits per heavy atom. The quantitative estimate of drug-likeness (QED) is 0.833. The van der Waals surface area contributed by atoms with Gasteiger partial charge < -0.3 is 10.1 Å². The Kier molecular flexibility index (Phi) is 5.40. The first-order valence-corrected chi connectivity index (χ1v) is 9.15. The van der Waals surface area contributed by atoms with Crippen molar-refractivity contribution < 1.29 is 14.3 Å². The molecule has 136 valence electrons. The molecule has 1 amide bonds. The molecule has 1 aliphatic carbocycles. The van der Waals surface area contributed by atoms with E-state index in [2.05, 4.69) is 5.32 Å². The van der Waals surface area contributed by atoms with Crippen LogP contribution in [0.1, 0.15) is 52.4 Å². The maximum Gasteiger partial charge on any atom is 0.338 e. The van der Waals surface area contributed by atoms with Crippen LogP contribution in [0.2, 0.25) is 0 Å². The summed E-state index contributed by atoms with van der Waals surface area (Å²) in [7, 11) is 0. The highest BCUT2D eigenvalue weighted by molar-refractivity contribution is 5.97. The molecule has 0 saturated carbocycles. The topological polar surface area (TPSA) is 55.4 Å². The number of anilines is 1. The maximum absolute atomic E-state index is 12.4. The lowest BCUT2D eigenvalue weighted by molar-refractivity contribution is -0.123. The minimum atomic E-state index is -0.862. The predicted molar refractivity (Wildman–Crippen MR) is 103 cm³/mol. The van der Waals surface area contributed by atoms with E-state index in [1.165, 1.54) is 17.5 Å². The fourth-order valence-corrected chi connectivity index (χ4v) is 3.33. The number of rotatable bonds is 4. The van der Waals surface area contributed by atoms with Gasteiger partial charge in [0.05, 0.1) is 5.56 Å². The van der Waals surface area contributed by atoms with E-state index in [9.17, 15) is 9.59 Å². The summed E-state index contributed by atoms with van der Waals surface area (Å²) in [5.74, 6) is -0.787. The molecule has 2 aromatic carbocycles. The average Bonchev–Trinajstić information content (AvgIpc) is 2.63. The van der Waals surface area contributed by atoms with E-state index in [1.807, 2.05) is 44.2 Å². The lowest BCUT2D eigenvalue weighted by Crippen LogP contribution is -2.30. The fraction of sp³-hybridized carbons (Fsp3) is 0.364. The highest BCUT2D eigenvalue weighted by atomic mass is 16.5. The second-order valence-corrected chi connectivity index (χ2v) is 7.05. The van der Waals surface area contributed by atoms with Crippen LogP contribution >= 0.6 is 0 Å². The number of nitrogens with one attached hydrogen (secondary N) is 1. The molecular weight excluding hydrogens is 326 g/mol. The minimum absolute atomic E-state index is 0.330. The first kappa shape index (κ1) is 18.2. The molecule has 0 radical (unpaired) electrons. The van der Waals surface area contributed by atoms with Crippen LogP contribution in [0, 0.1) is 13.8 Å². The van der Waals surface area contributed by atoms with Crippen LogP contribution in [-0.4, -0.2) is 18.0 Å². The number of ether oxygens (including phenoxy) is 1. The van der Waals surface area contributed by atoms with Gasteiger partial charge in [-0.1, -0.05) is 23.8 Å². The van der Waals surface area contributed by atoms with Gasteiger partial charge >= 0.3 is 5.97 Å². The molecule has 1 unspecified atom stereocenters. The van der Waals surface area contributed by atoms with Crippen LogP contribution in [-0.2, 0) is 22.4 Å². The van der Waals surface area contributed by atoms with E-state index < -0.39 is 12.1 Å². The lowest BCUT2D eigenvalue weighted by atomic mass is 9.90. The van der Waals surface area contributed by atoms with Crippen LogP contribution in [0.5, 0.6) is 0 Å². The van der Waals surface area contributed by atoms with Crippen molar-refractivity contribution in [1.29, 1.82) is 0 Å². The number of carbonyl (C=O) groups excluding carboxylic acids is 2. The second-order valence-electron chi connectivity index (χ2n) is 7.05. The molecule has 0 aromatic heterocycles. The molecular formula is C22H25NO3. The summed E-state index contributed by atoms with van der Waals surface area (Å²) in [5.41, 5.74) is 5.89. The Labute approximate surface area is 154 Å². The Hall–Kier alpha value is -2.62. The fourth-order valence-electron chi connectivity index (χ4n) is 3.33. The van der Waals surface area contributed by atoms with Crippen LogP contribution < -0.4 is 5.32 Å². The summed E-state index contributed by atoms with van der Waals surface area (Å²) < 4.78 is 5.37. The first-order chi connectivity index (χ1) is 12.4. The van der Waals surface area contributed by atoms with Crippen molar-refractivity contribution in [3.8, 4) is 0 Å². The van der Waals surface area contributed by atoms with Crippen LogP contribution in [0.25, 0.3) is 0 Å². The zero-order valence-electron chi connectivity index (χ0n) is 15.6. The molecule has 4 heteroatoms. The van der Waals surface area contributed by atoms with E-state index in [1.54, 1.807) is 13.0 Å². The zero-order valence-corrected chi connectivity index (χ0v) is 15.6. The maximum atomic E-state index is 12.4. The SMILES string of the molecule is Cc1ccc(NC(=O)C(C)OC(=O)c2ccc3c(c2)CCCC3)c(C)c1. The first-order valence-electron chi connectivity index (χ1n) is 9.15. The van der Waals surface area contributed by atoms with Gasteiger partial charge in [0.2, 0.25) is 0 Å². The van der Waals surface area contributed by atoms with Gasteiger partial charge in [-0.15, -0.1) is 0 Å². The van der Waals surface area contributed by atoms with Gasteiger partial charge in [-0.05, 0) is 81.3 Å². The summed E-state index contributed by atoms with van der Waals surface area (Å²) in [6, 6.07) is 11.5. The third-order valence-electron chi connectivity index (χ3n) is 4.88. The van der Waals surface area contributed by atoms with Crippen molar-refractivity contribution in [3.63, 3.8) is 0 Å². The molecule has 0 spiro atoms. The highest BCUT2D eigenvalue weighted by Gasteiger charge is 2.20. The van der Waals surface area contributed by atoms with Gasteiger partial charge in [-0.2, -0.15) is 0 Å². The summed E-state index contributed by atoms with van der Waals surface area (Å²) in [5, 5.41) is 2.83. The van der Waals surface area contributed by atoms with E-state index >= 15 is 0 Å². The largest absolute Gasteiger partial charge is 0.449 e. The average molecular weight is 351 g/mol. The Morgan fingerprint density at radius 2 is 1.73 bits per heavy atom. The van der Waals surface area contributed by atoms with Gasteiger partial charge in [0.15, 0.2) is 6.10 Å². The Morgan fingerprint density at radius 3 is 2.46 bits per heavy atom. The van der Waals surface area contributed by atoms with Gasteiger partial charge in [0.1, 0.15) is 0 Å². The summed E-state index contributed by atoms with van der Waals surface area (Å²) >= 11 is 0. The molecule has 0 fully saturated rings. The van der Waals surface area contributed by atoms with Crippen LogP contribution in [0.4, 0.5) is 5.69 Å². The van der Waals surface area contributed by atoms with Gasteiger partial charge in [-0.25, -0.2) is 4.79 Å². The molecule has 1 atom stereocenters. The molecule has 0 aliphatic heterocycles. The molecule has 3 rings (SSSR count). The monoisotopic (exact) mass is 351 g/mol. The molecule has 0 saturated heterocycles. The van der Waals surface area contributed by atoms with Crippen molar-refractivity contribution in [2.24, 2.45) is 0 Å². The molecule has 1 aliphatic rings. The minimum Gasteiger partial charge on any atom is -0.449 e. The van der Waals surface area contributed by atoms with Gasteiger partial charge in [0.25, 0.3) is 5.91 Å². The lowest BCUT2D eigenvalue weighted by Gasteiger charge is -2.18. The van der Waals surface area contributed by atoms with E-state index in [0.717, 1.165) is 36.1 Å². The van der Waals surface area contributed by atoms with Crippen molar-refractivity contribution in [2.75, 3.05) is 5.32 Å². The molecule has 1 N–H and O–H groups in total. The molecule has 4 nitrogen and oxygen atoms in total. The zero-order chi connectivity index (χ0) is 18.7. The van der Waals surface area contributed by atoms with Gasteiger partial charge in [-0.3, -0.25) is 4.79 Å². The number of esters is 1. The number of hydrogen-bond donors (Lipinski definition) is 1. The molecule has 0 bridgehead atoms. The standard InChI is InChI=1S/C22H25NO3/c1-14-8-11-20(15(2)12-14)23-21(24)16(3)26-22(25)19-10-9-17-6-4-5-7-18(17)13-19/h8-13,16H,4-7H2,1-3H3,(H,23,24). The van der Waals surface area contributed by atoms with E-state index in [-0.39, 0.29) is 5.91 Å². The van der Waals surface area contributed by atoms with Crippen molar-refractivity contribution >= 4 is 17.6 Å². The summed E-state index contributed by atoms with van der Waals surface area (Å²) in [4.78, 5) is 24.8. The van der Waals surface area contributed by atoms with Crippen LogP contribution in [0.3, 0.4) is 0 Å². The van der Waals surface area contributed by atoms with Crippen LogP contribution in [0.15, 0.2) is 36.4 Å². The second kappa shape index (κ2) is 7.73. The van der Waals surface area contributed by atoms with Crippen molar-refractivity contribution in [3.05, 3.63) is 64.2 Å². The number of amides is 1. The molecule has 2 aromatic rings. The number of carbonyl (C=O) groups is 2. The number of hydrogen-bond acceptors (Lipinski definition) is 3. The Bertz CT molecular complexity index is 841. The number of aryl methyl sites for hydroxylation is 4. The summed E-state index contributed by atoms with van der Waals surface area (Å²) in [6.45, 7) is 5.53. The van der Waals surface area contributed by atoms with E-state index in [0.29, 0.717) is 5.56 Å². The number of benzene rings is 2. The smallest absolute Gasteiger partial charge is 0.338 e. The third kappa shape index (κ3) is 4.13. The van der Waals surface area contributed by atoms with E-state index in [4.69, 9.17) is 4.74 Å². The predicted octanol–water partition coefficient (Wildman–Crippen LogP) is 4.37. The molecule has 26 heavy (non-hydrogen) atoms. The Balaban J connectivity index is 1.64. The highest BCUT2D eigenvalue weighted by Crippen LogP contribution is 2.23. The van der Waals surface area contributed by atoms with Gasteiger partial charge in [0, 0.05) is 5.69 Å². The van der Waals surface area contributed by atoms with Crippen molar-refractivity contribution in [1.82, 2.24) is 0 Å².